The third kappa shape index (κ3) is 1.40. The molecule has 1 unspecified atom stereocenters. The lowest BCUT2D eigenvalue weighted by molar-refractivity contribution is 1.26. The van der Waals surface area contributed by atoms with E-state index in [0.29, 0.717) is 0 Å². The summed E-state index contributed by atoms with van der Waals surface area (Å²) in [7, 11) is 2.75. The highest BCUT2D eigenvalue weighted by molar-refractivity contribution is 7.15. The zero-order chi connectivity index (χ0) is 11.0. The summed E-state index contributed by atoms with van der Waals surface area (Å²) in [4.78, 5) is 4.70. The van der Waals surface area contributed by atoms with E-state index in [9.17, 15) is 0 Å². The van der Waals surface area contributed by atoms with Crippen LogP contribution in [0.5, 0.6) is 0 Å². The second-order valence-corrected chi connectivity index (χ2v) is 4.23. The number of hydrogen-bond acceptors (Lipinski definition) is 1. The van der Waals surface area contributed by atoms with Crippen LogP contribution in [0.15, 0.2) is 48.5 Å². The van der Waals surface area contributed by atoms with Crippen LogP contribution in [0, 0.1) is 0 Å². The van der Waals surface area contributed by atoms with Crippen LogP contribution < -0.4 is 0 Å². The van der Waals surface area contributed by atoms with Gasteiger partial charge in [-0.15, -0.1) is 9.24 Å². The Hall–Kier alpha value is -1.46. The van der Waals surface area contributed by atoms with Crippen molar-refractivity contribution in [2.45, 2.75) is 6.16 Å². The molecule has 0 fully saturated rings. The Balaban J connectivity index is 2.57. The van der Waals surface area contributed by atoms with E-state index in [1.165, 1.54) is 16.2 Å². The topological polar surface area (TPSA) is 12.9 Å². The third-order valence-corrected chi connectivity index (χ3v) is 3.27. The molecular weight excluding hydrogens is 213 g/mol. The van der Waals surface area contributed by atoms with Crippen molar-refractivity contribution in [3.05, 3.63) is 54.2 Å². The largest absolute Gasteiger partial charge is 0.252 e. The maximum atomic E-state index is 4.70. The fourth-order valence-electron chi connectivity index (χ4n) is 2.13. The molecule has 2 aromatic carbocycles. The SMILES string of the molecule is PCc1nc2ccccc2c2ccccc12. The number of nitrogens with zero attached hydrogens (tertiary/aromatic N) is 1. The number of para-hydroxylation sites is 1. The lowest BCUT2D eigenvalue weighted by atomic mass is 10.0. The van der Waals surface area contributed by atoms with Crippen molar-refractivity contribution >= 4 is 30.9 Å². The second-order valence-electron chi connectivity index (χ2n) is 3.83. The number of hydrogen-bond donors (Lipinski definition) is 0. The van der Waals surface area contributed by atoms with Gasteiger partial charge in [0.2, 0.25) is 0 Å². The molecule has 3 aromatic rings. The summed E-state index contributed by atoms with van der Waals surface area (Å²) in [5.74, 6) is 0. The van der Waals surface area contributed by atoms with Gasteiger partial charge in [0.1, 0.15) is 0 Å². The minimum Gasteiger partial charge on any atom is -0.252 e. The maximum Gasteiger partial charge on any atom is 0.0711 e. The Morgan fingerprint density at radius 3 is 2.19 bits per heavy atom. The average Bonchev–Trinajstić information content (AvgIpc) is 2.38. The quantitative estimate of drug-likeness (QED) is 0.454. The molecule has 0 saturated carbocycles. The summed E-state index contributed by atoms with van der Waals surface area (Å²) in [5, 5.41) is 3.79. The van der Waals surface area contributed by atoms with Crippen molar-refractivity contribution in [1.29, 1.82) is 0 Å². The smallest absolute Gasteiger partial charge is 0.0711 e. The van der Waals surface area contributed by atoms with Crippen LogP contribution in [0.25, 0.3) is 21.7 Å². The summed E-state index contributed by atoms with van der Waals surface area (Å²) >= 11 is 0. The molecule has 1 heterocycles. The lowest BCUT2D eigenvalue weighted by Crippen LogP contribution is -1.89. The van der Waals surface area contributed by atoms with Crippen molar-refractivity contribution in [1.82, 2.24) is 4.98 Å². The molecule has 3 rings (SSSR count). The normalized spacial score (nSPS) is 11.1. The molecule has 0 amide bonds. The van der Waals surface area contributed by atoms with Gasteiger partial charge in [-0.2, -0.15) is 0 Å². The Kier molecular flexibility index (Phi) is 2.34. The maximum absolute atomic E-state index is 4.70. The fourth-order valence-corrected chi connectivity index (χ4v) is 2.44. The van der Waals surface area contributed by atoms with Gasteiger partial charge in [0.05, 0.1) is 11.2 Å². The zero-order valence-corrected chi connectivity index (χ0v) is 10.0. The molecule has 0 aliphatic heterocycles. The number of pyridine rings is 1. The predicted molar refractivity (Wildman–Crippen MR) is 72.7 cm³/mol. The van der Waals surface area contributed by atoms with Crippen LogP contribution in [0.1, 0.15) is 5.69 Å². The first-order valence-electron chi connectivity index (χ1n) is 5.36. The highest BCUT2D eigenvalue weighted by Gasteiger charge is 2.05. The van der Waals surface area contributed by atoms with Gasteiger partial charge < -0.3 is 0 Å². The fraction of sp³-hybridized carbons (Fsp3) is 0.0714. The Morgan fingerprint density at radius 2 is 1.44 bits per heavy atom. The molecule has 0 bridgehead atoms. The number of fused-ring (bicyclic) bond motifs is 3. The highest BCUT2D eigenvalue weighted by Crippen LogP contribution is 2.27. The van der Waals surface area contributed by atoms with Gasteiger partial charge in [0, 0.05) is 16.9 Å². The van der Waals surface area contributed by atoms with E-state index in [1.807, 2.05) is 6.07 Å². The van der Waals surface area contributed by atoms with E-state index in [1.54, 1.807) is 0 Å². The molecule has 0 aliphatic carbocycles. The summed E-state index contributed by atoms with van der Waals surface area (Å²) < 4.78 is 0. The van der Waals surface area contributed by atoms with Crippen molar-refractivity contribution in [2.24, 2.45) is 0 Å². The molecule has 2 heteroatoms. The number of benzene rings is 2. The third-order valence-electron chi connectivity index (χ3n) is 2.88. The van der Waals surface area contributed by atoms with E-state index >= 15 is 0 Å². The van der Waals surface area contributed by atoms with Gasteiger partial charge in [-0.05, 0) is 11.5 Å². The Bertz CT molecular complexity index is 661. The van der Waals surface area contributed by atoms with Crippen molar-refractivity contribution in [2.75, 3.05) is 0 Å². The first-order valence-corrected chi connectivity index (χ1v) is 6.18. The number of rotatable bonds is 1. The number of aromatic nitrogens is 1. The second kappa shape index (κ2) is 3.84. The van der Waals surface area contributed by atoms with Gasteiger partial charge in [-0.3, -0.25) is 4.98 Å². The lowest BCUT2D eigenvalue weighted by Gasteiger charge is -2.07. The van der Waals surface area contributed by atoms with Gasteiger partial charge >= 0.3 is 0 Å². The molecule has 78 valence electrons. The molecule has 0 spiro atoms. The molecule has 0 radical (unpaired) electrons. The minimum absolute atomic E-state index is 0.894. The van der Waals surface area contributed by atoms with E-state index < -0.39 is 0 Å². The van der Waals surface area contributed by atoms with Crippen molar-refractivity contribution in [3.63, 3.8) is 0 Å². The molecule has 0 saturated heterocycles. The molecule has 1 aromatic heterocycles. The van der Waals surface area contributed by atoms with Crippen LogP contribution >= 0.6 is 9.24 Å². The van der Waals surface area contributed by atoms with E-state index in [-0.39, 0.29) is 0 Å². The molecule has 0 N–H and O–H groups in total. The minimum atomic E-state index is 0.894. The summed E-state index contributed by atoms with van der Waals surface area (Å²) in [6.45, 7) is 0. The van der Waals surface area contributed by atoms with Gasteiger partial charge in [0.25, 0.3) is 0 Å². The predicted octanol–water partition coefficient (Wildman–Crippen LogP) is 3.76. The van der Waals surface area contributed by atoms with E-state index in [2.05, 4.69) is 51.7 Å². The zero-order valence-electron chi connectivity index (χ0n) is 8.85. The van der Waals surface area contributed by atoms with Crippen LogP contribution in [0.2, 0.25) is 0 Å². The van der Waals surface area contributed by atoms with Crippen LogP contribution in [-0.2, 0) is 6.16 Å². The average molecular weight is 225 g/mol. The molecule has 0 aliphatic rings. The Morgan fingerprint density at radius 1 is 0.812 bits per heavy atom. The van der Waals surface area contributed by atoms with E-state index in [4.69, 9.17) is 4.98 Å². The summed E-state index contributed by atoms with van der Waals surface area (Å²) in [5.41, 5.74) is 2.23. The monoisotopic (exact) mass is 225 g/mol. The van der Waals surface area contributed by atoms with Crippen molar-refractivity contribution in [3.8, 4) is 0 Å². The van der Waals surface area contributed by atoms with Gasteiger partial charge in [-0.1, -0.05) is 42.5 Å². The molecule has 1 atom stereocenters. The molecule has 1 nitrogen and oxygen atoms in total. The van der Waals surface area contributed by atoms with Crippen LogP contribution in [0.4, 0.5) is 0 Å². The highest BCUT2D eigenvalue weighted by atomic mass is 31.0. The van der Waals surface area contributed by atoms with Crippen LogP contribution in [-0.4, -0.2) is 4.98 Å². The van der Waals surface area contributed by atoms with Gasteiger partial charge in [0.15, 0.2) is 0 Å². The molecular formula is C14H12NP. The summed E-state index contributed by atoms with van der Waals surface area (Å²) in [6, 6.07) is 16.8. The standard InChI is InChI=1S/C14H12NP/c16-9-14-12-7-2-1-5-10(12)11-6-3-4-8-13(11)15-14/h1-8H,9,16H2. The van der Waals surface area contributed by atoms with Crippen molar-refractivity contribution < 1.29 is 0 Å². The van der Waals surface area contributed by atoms with E-state index in [0.717, 1.165) is 17.4 Å². The molecule has 16 heavy (non-hydrogen) atoms. The van der Waals surface area contributed by atoms with Gasteiger partial charge in [-0.25, -0.2) is 0 Å². The van der Waals surface area contributed by atoms with Crippen LogP contribution in [0.3, 0.4) is 0 Å². The summed E-state index contributed by atoms with van der Waals surface area (Å²) in [6.07, 6.45) is 0.894. The Labute approximate surface area is 96.7 Å². The first-order chi connectivity index (χ1) is 7.90. The first kappa shape index (κ1) is 9.74.